The number of methoxy groups -OCH3 is 2. The van der Waals surface area contributed by atoms with E-state index >= 15 is 0 Å². The SMILES string of the molecule is COC(=O)c1cnc(-c2cccc(OC)c2)[nH]c1=O. The molecule has 0 aliphatic rings. The van der Waals surface area contributed by atoms with Gasteiger partial charge in [-0.2, -0.15) is 0 Å². The number of hydrogen-bond donors (Lipinski definition) is 1. The largest absolute Gasteiger partial charge is 0.497 e. The summed E-state index contributed by atoms with van der Waals surface area (Å²) in [6.07, 6.45) is 1.19. The summed E-state index contributed by atoms with van der Waals surface area (Å²) in [5.41, 5.74) is 0.0154. The van der Waals surface area contributed by atoms with E-state index < -0.39 is 11.5 Å². The lowest BCUT2D eigenvalue weighted by atomic mass is 10.2. The number of carbonyl (C=O) groups excluding carboxylic acids is 1. The van der Waals surface area contributed by atoms with Crippen LogP contribution in [0.3, 0.4) is 0 Å². The van der Waals surface area contributed by atoms with Crippen molar-refractivity contribution in [3.63, 3.8) is 0 Å². The molecule has 0 amide bonds. The van der Waals surface area contributed by atoms with E-state index in [1.807, 2.05) is 0 Å². The van der Waals surface area contributed by atoms with Crippen molar-refractivity contribution in [2.24, 2.45) is 0 Å². The highest BCUT2D eigenvalue weighted by Crippen LogP contribution is 2.19. The van der Waals surface area contributed by atoms with Crippen LogP contribution in [0.15, 0.2) is 35.3 Å². The molecule has 0 saturated heterocycles. The monoisotopic (exact) mass is 260 g/mol. The van der Waals surface area contributed by atoms with Gasteiger partial charge in [0.1, 0.15) is 17.1 Å². The van der Waals surface area contributed by atoms with Gasteiger partial charge >= 0.3 is 5.97 Å². The molecule has 1 N–H and O–H groups in total. The van der Waals surface area contributed by atoms with Crippen LogP contribution in [0, 0.1) is 0 Å². The minimum absolute atomic E-state index is 0.130. The van der Waals surface area contributed by atoms with Crippen molar-refractivity contribution in [3.8, 4) is 17.1 Å². The third kappa shape index (κ3) is 2.62. The lowest BCUT2D eigenvalue weighted by Crippen LogP contribution is -2.20. The number of esters is 1. The first-order chi connectivity index (χ1) is 9.15. The zero-order valence-corrected chi connectivity index (χ0v) is 10.5. The van der Waals surface area contributed by atoms with Gasteiger partial charge < -0.3 is 14.5 Å². The summed E-state index contributed by atoms with van der Waals surface area (Å²) in [7, 11) is 2.76. The van der Waals surface area contributed by atoms with E-state index in [0.717, 1.165) is 0 Å². The predicted octanol–water partition coefficient (Wildman–Crippen LogP) is 1.23. The molecule has 0 aliphatic carbocycles. The normalized spacial score (nSPS) is 10.0. The molecular weight excluding hydrogens is 248 g/mol. The van der Waals surface area contributed by atoms with E-state index in [9.17, 15) is 9.59 Å². The molecule has 0 saturated carbocycles. The standard InChI is InChI=1S/C13H12N2O4/c1-18-9-5-3-4-8(6-9)11-14-7-10(12(16)15-11)13(17)19-2/h3-7H,1-2H3,(H,14,15,16). The summed E-state index contributed by atoms with van der Waals surface area (Å²) in [5, 5.41) is 0. The van der Waals surface area contributed by atoms with Gasteiger partial charge in [-0.1, -0.05) is 12.1 Å². The molecule has 98 valence electrons. The van der Waals surface area contributed by atoms with Crippen LogP contribution in [0.1, 0.15) is 10.4 Å². The number of carbonyl (C=O) groups is 1. The smallest absolute Gasteiger partial charge is 0.345 e. The van der Waals surface area contributed by atoms with E-state index in [-0.39, 0.29) is 5.56 Å². The molecule has 0 unspecified atom stereocenters. The number of aromatic nitrogens is 2. The first-order valence-corrected chi connectivity index (χ1v) is 5.47. The Morgan fingerprint density at radius 1 is 1.32 bits per heavy atom. The Morgan fingerprint density at radius 2 is 2.11 bits per heavy atom. The summed E-state index contributed by atoms with van der Waals surface area (Å²) in [6, 6.07) is 7.07. The summed E-state index contributed by atoms with van der Waals surface area (Å²) in [6.45, 7) is 0. The summed E-state index contributed by atoms with van der Waals surface area (Å²) >= 11 is 0. The zero-order valence-electron chi connectivity index (χ0n) is 10.5. The third-order valence-electron chi connectivity index (χ3n) is 2.55. The fourth-order valence-corrected chi connectivity index (χ4v) is 1.57. The fraction of sp³-hybridized carbons (Fsp3) is 0.154. The number of rotatable bonds is 3. The Balaban J connectivity index is 2.44. The van der Waals surface area contributed by atoms with Crippen molar-refractivity contribution in [3.05, 3.63) is 46.4 Å². The Kier molecular flexibility index (Phi) is 3.61. The minimum Gasteiger partial charge on any atom is -0.497 e. The number of H-pyrrole nitrogens is 1. The maximum Gasteiger partial charge on any atom is 0.345 e. The van der Waals surface area contributed by atoms with Crippen LogP contribution in [-0.2, 0) is 4.74 Å². The van der Waals surface area contributed by atoms with Crippen molar-refractivity contribution < 1.29 is 14.3 Å². The first-order valence-electron chi connectivity index (χ1n) is 5.47. The van der Waals surface area contributed by atoms with E-state index in [1.165, 1.54) is 13.3 Å². The van der Waals surface area contributed by atoms with Gasteiger partial charge in [-0.3, -0.25) is 4.79 Å². The highest BCUT2D eigenvalue weighted by atomic mass is 16.5. The van der Waals surface area contributed by atoms with Gasteiger partial charge in [0.2, 0.25) is 0 Å². The van der Waals surface area contributed by atoms with Crippen molar-refractivity contribution in [2.75, 3.05) is 14.2 Å². The van der Waals surface area contributed by atoms with Gasteiger partial charge in [-0.05, 0) is 12.1 Å². The number of nitrogens with zero attached hydrogens (tertiary/aromatic N) is 1. The average Bonchev–Trinajstić information content (AvgIpc) is 2.46. The molecular formula is C13H12N2O4. The van der Waals surface area contributed by atoms with Crippen LogP contribution in [0.2, 0.25) is 0 Å². The molecule has 6 heteroatoms. The van der Waals surface area contributed by atoms with E-state index in [0.29, 0.717) is 17.1 Å². The van der Waals surface area contributed by atoms with Crippen molar-refractivity contribution in [1.82, 2.24) is 9.97 Å². The number of aromatic amines is 1. The highest BCUT2D eigenvalue weighted by molar-refractivity contribution is 5.88. The van der Waals surface area contributed by atoms with Crippen LogP contribution < -0.4 is 10.3 Å². The van der Waals surface area contributed by atoms with Crippen molar-refractivity contribution >= 4 is 5.97 Å². The molecule has 6 nitrogen and oxygen atoms in total. The summed E-state index contributed by atoms with van der Waals surface area (Å²) in [4.78, 5) is 29.6. The van der Waals surface area contributed by atoms with Crippen LogP contribution in [-0.4, -0.2) is 30.2 Å². The quantitative estimate of drug-likeness (QED) is 0.839. The van der Waals surface area contributed by atoms with Gasteiger partial charge in [-0.25, -0.2) is 9.78 Å². The topological polar surface area (TPSA) is 81.3 Å². The molecule has 0 atom stereocenters. The molecule has 2 rings (SSSR count). The molecule has 1 aromatic heterocycles. The lowest BCUT2D eigenvalue weighted by Gasteiger charge is -2.04. The van der Waals surface area contributed by atoms with Gasteiger partial charge in [0.25, 0.3) is 5.56 Å². The molecule has 1 aromatic carbocycles. The van der Waals surface area contributed by atoms with Crippen molar-refractivity contribution in [1.29, 1.82) is 0 Å². The number of benzene rings is 1. The van der Waals surface area contributed by atoms with Gasteiger partial charge in [0.05, 0.1) is 14.2 Å². The predicted molar refractivity (Wildman–Crippen MR) is 68.2 cm³/mol. The lowest BCUT2D eigenvalue weighted by molar-refractivity contribution is 0.0598. The van der Waals surface area contributed by atoms with Crippen LogP contribution in [0.4, 0.5) is 0 Å². The second kappa shape index (κ2) is 5.34. The molecule has 0 aliphatic heterocycles. The molecule has 2 aromatic rings. The highest BCUT2D eigenvalue weighted by Gasteiger charge is 2.12. The Bertz CT molecular complexity index is 664. The zero-order chi connectivity index (χ0) is 13.8. The Labute approximate surface area is 109 Å². The molecule has 0 radical (unpaired) electrons. The second-order valence-electron chi connectivity index (χ2n) is 3.70. The number of nitrogens with one attached hydrogen (secondary N) is 1. The Morgan fingerprint density at radius 3 is 2.74 bits per heavy atom. The summed E-state index contributed by atoms with van der Waals surface area (Å²) < 4.78 is 9.57. The van der Waals surface area contributed by atoms with Gasteiger partial charge in [0.15, 0.2) is 0 Å². The average molecular weight is 260 g/mol. The number of ether oxygens (including phenoxy) is 2. The molecule has 1 heterocycles. The minimum atomic E-state index is -0.717. The molecule has 0 fully saturated rings. The fourth-order valence-electron chi connectivity index (χ4n) is 1.57. The number of hydrogen-bond acceptors (Lipinski definition) is 5. The van der Waals surface area contributed by atoms with Crippen LogP contribution in [0.25, 0.3) is 11.4 Å². The molecule has 0 spiro atoms. The Hall–Kier alpha value is -2.63. The van der Waals surface area contributed by atoms with Crippen molar-refractivity contribution in [2.45, 2.75) is 0 Å². The molecule has 19 heavy (non-hydrogen) atoms. The summed E-state index contributed by atoms with van der Waals surface area (Å²) in [5.74, 6) is 0.291. The maximum atomic E-state index is 11.7. The van der Waals surface area contributed by atoms with Gasteiger partial charge in [0, 0.05) is 11.8 Å². The van der Waals surface area contributed by atoms with E-state index in [1.54, 1.807) is 31.4 Å². The third-order valence-corrected chi connectivity index (χ3v) is 2.55. The van der Waals surface area contributed by atoms with E-state index in [2.05, 4.69) is 14.7 Å². The second-order valence-corrected chi connectivity index (χ2v) is 3.70. The van der Waals surface area contributed by atoms with Crippen LogP contribution in [0.5, 0.6) is 5.75 Å². The van der Waals surface area contributed by atoms with Crippen LogP contribution >= 0.6 is 0 Å². The van der Waals surface area contributed by atoms with E-state index in [4.69, 9.17) is 4.74 Å². The maximum absolute atomic E-state index is 11.7. The van der Waals surface area contributed by atoms with Gasteiger partial charge in [-0.15, -0.1) is 0 Å². The first kappa shape index (κ1) is 12.8. The molecule has 0 bridgehead atoms.